The molecule has 0 fully saturated rings. The minimum absolute atomic E-state index is 0.139. The minimum Gasteiger partial charge on any atom is -0.352 e. The zero-order valence-electron chi connectivity index (χ0n) is 12.0. The second kappa shape index (κ2) is 8.95. The number of non-ortho nitro benzene ring substituents is 2. The predicted octanol–water partition coefficient (Wildman–Crippen LogP) is 2.71. The fourth-order valence-electron chi connectivity index (χ4n) is 1.77. The number of nitro benzene ring substituents is 2. The number of carbonyl (C=O) groups excluding carboxylic acids is 1. The monoisotopic (exact) mass is 322 g/mol. The van der Waals surface area contributed by atoms with Crippen molar-refractivity contribution in [2.24, 2.45) is 5.11 Å². The van der Waals surface area contributed by atoms with Crippen molar-refractivity contribution in [3.05, 3.63) is 54.4 Å². The van der Waals surface area contributed by atoms with E-state index in [1.54, 1.807) is 0 Å². The summed E-state index contributed by atoms with van der Waals surface area (Å²) in [6.07, 6.45) is 2.04. The largest absolute Gasteiger partial charge is 0.352 e. The predicted molar refractivity (Wildman–Crippen MR) is 79.9 cm³/mol. The van der Waals surface area contributed by atoms with Gasteiger partial charge in [-0.2, -0.15) is 0 Å². The summed E-state index contributed by atoms with van der Waals surface area (Å²) in [5.74, 6) is -0.619. The van der Waals surface area contributed by atoms with Gasteiger partial charge in [-0.1, -0.05) is 11.5 Å². The van der Waals surface area contributed by atoms with Gasteiger partial charge in [0.1, 0.15) is 0 Å². The third-order valence-corrected chi connectivity index (χ3v) is 2.87. The Kier molecular flexibility index (Phi) is 6.95. The number of nitrogens with one attached hydrogen (secondary N) is 1. The number of hydrogen-bond donors (Lipinski definition) is 1. The van der Waals surface area contributed by atoms with Crippen molar-refractivity contribution < 1.29 is 14.6 Å². The van der Waals surface area contributed by atoms with Gasteiger partial charge in [0, 0.05) is 30.1 Å². The van der Waals surface area contributed by atoms with E-state index in [1.165, 1.54) is 0 Å². The van der Waals surface area contributed by atoms with E-state index >= 15 is 0 Å². The van der Waals surface area contributed by atoms with Crippen molar-refractivity contribution in [1.82, 2.24) is 5.32 Å². The van der Waals surface area contributed by atoms with Crippen LogP contribution in [0.15, 0.2) is 23.3 Å². The fourth-order valence-corrected chi connectivity index (χ4v) is 1.77. The molecule has 0 bridgehead atoms. The van der Waals surface area contributed by atoms with E-state index in [9.17, 15) is 25.0 Å². The second-order valence-electron chi connectivity index (χ2n) is 4.52. The fraction of sp³-hybridized carbons (Fsp3) is 0.417. The van der Waals surface area contributed by atoms with Gasteiger partial charge in [0.25, 0.3) is 17.3 Å². The van der Waals surface area contributed by atoms with Crippen LogP contribution in [-0.2, 0) is 0 Å². The van der Waals surface area contributed by atoms with Crippen molar-refractivity contribution in [2.75, 3.05) is 13.1 Å². The van der Waals surface area contributed by atoms with E-state index < -0.39 is 27.1 Å². The van der Waals surface area contributed by atoms with Crippen molar-refractivity contribution in [3.63, 3.8) is 0 Å². The topological polar surface area (TPSA) is 164 Å². The molecule has 1 rings (SSSR count). The SMILES string of the molecule is [N-]=[N+]=NCCCCCNC(=O)c1cc([N+](=O)[O-])cc([N+](=O)[O-])c1. The van der Waals surface area contributed by atoms with Gasteiger partial charge in [-0.15, -0.1) is 0 Å². The van der Waals surface area contributed by atoms with Gasteiger partial charge < -0.3 is 5.32 Å². The molecule has 11 nitrogen and oxygen atoms in total. The van der Waals surface area contributed by atoms with Crippen LogP contribution in [-0.4, -0.2) is 28.8 Å². The number of benzene rings is 1. The van der Waals surface area contributed by atoms with Crippen LogP contribution in [0.2, 0.25) is 0 Å². The lowest BCUT2D eigenvalue weighted by atomic mass is 10.1. The Labute approximate surface area is 130 Å². The van der Waals surface area contributed by atoms with Crippen molar-refractivity contribution in [1.29, 1.82) is 0 Å². The molecule has 11 heteroatoms. The maximum absolute atomic E-state index is 11.9. The molecule has 1 N–H and O–H groups in total. The molecule has 0 saturated heterocycles. The third kappa shape index (κ3) is 5.98. The van der Waals surface area contributed by atoms with Crippen LogP contribution in [0.25, 0.3) is 10.4 Å². The third-order valence-electron chi connectivity index (χ3n) is 2.87. The standard InChI is InChI=1S/C12H14N6O5/c13-16-15-5-3-1-2-4-14-12(19)9-6-10(17(20)21)8-11(7-9)18(22)23/h6-8H,1-5H2,(H,14,19). The average Bonchev–Trinajstić information content (AvgIpc) is 2.53. The van der Waals surface area contributed by atoms with Gasteiger partial charge in [-0.3, -0.25) is 25.0 Å². The Balaban J connectivity index is 2.63. The lowest BCUT2D eigenvalue weighted by Gasteiger charge is -2.05. The summed E-state index contributed by atoms with van der Waals surface area (Å²) >= 11 is 0. The maximum atomic E-state index is 11.9. The van der Waals surface area contributed by atoms with Crippen LogP contribution in [0.3, 0.4) is 0 Å². The van der Waals surface area contributed by atoms with Crippen LogP contribution >= 0.6 is 0 Å². The van der Waals surface area contributed by atoms with E-state index in [1.807, 2.05) is 0 Å². The number of azide groups is 1. The second-order valence-corrected chi connectivity index (χ2v) is 4.52. The molecule has 0 aliphatic heterocycles. The molecule has 23 heavy (non-hydrogen) atoms. The molecule has 1 aromatic rings. The minimum atomic E-state index is -0.792. The Hall–Kier alpha value is -3.20. The maximum Gasteiger partial charge on any atom is 0.277 e. The van der Waals surface area contributed by atoms with E-state index in [2.05, 4.69) is 15.3 Å². The summed E-state index contributed by atoms with van der Waals surface area (Å²) in [5.41, 5.74) is 6.93. The number of nitrogens with zero attached hydrogens (tertiary/aromatic N) is 5. The lowest BCUT2D eigenvalue weighted by molar-refractivity contribution is -0.394. The first-order chi connectivity index (χ1) is 11.0. The van der Waals surface area contributed by atoms with E-state index in [0.29, 0.717) is 25.9 Å². The summed E-state index contributed by atoms with van der Waals surface area (Å²) in [4.78, 5) is 34.4. The molecule has 0 saturated carbocycles. The molecule has 0 spiro atoms. The van der Waals surface area contributed by atoms with Gasteiger partial charge in [0.2, 0.25) is 0 Å². The first-order valence-electron chi connectivity index (χ1n) is 6.68. The quantitative estimate of drug-likeness (QED) is 0.184. The Morgan fingerprint density at radius 2 is 1.74 bits per heavy atom. The Morgan fingerprint density at radius 1 is 1.13 bits per heavy atom. The normalized spacial score (nSPS) is 9.74. The highest BCUT2D eigenvalue weighted by atomic mass is 16.6. The molecule has 1 amide bonds. The molecule has 0 unspecified atom stereocenters. The van der Waals surface area contributed by atoms with Crippen LogP contribution < -0.4 is 5.32 Å². The molecular formula is C12H14N6O5. The number of unbranched alkanes of at least 4 members (excludes halogenated alkanes) is 2. The number of nitro groups is 2. The van der Waals surface area contributed by atoms with E-state index in [4.69, 9.17) is 5.53 Å². The lowest BCUT2D eigenvalue weighted by Crippen LogP contribution is -2.24. The number of amides is 1. The van der Waals surface area contributed by atoms with Crippen LogP contribution in [0.5, 0.6) is 0 Å². The smallest absolute Gasteiger partial charge is 0.277 e. The van der Waals surface area contributed by atoms with Crippen molar-refractivity contribution >= 4 is 17.3 Å². The highest BCUT2D eigenvalue weighted by molar-refractivity contribution is 5.95. The van der Waals surface area contributed by atoms with Crippen molar-refractivity contribution in [3.8, 4) is 0 Å². The summed E-state index contributed by atoms with van der Waals surface area (Å²) in [6.45, 7) is 0.688. The number of hydrogen-bond acceptors (Lipinski definition) is 6. The average molecular weight is 322 g/mol. The molecule has 0 radical (unpaired) electrons. The Morgan fingerprint density at radius 3 is 2.26 bits per heavy atom. The Bertz CT molecular complexity index is 623. The molecular weight excluding hydrogens is 308 g/mol. The summed E-state index contributed by atoms with van der Waals surface area (Å²) in [7, 11) is 0. The van der Waals surface area contributed by atoms with Crippen LogP contribution in [0, 0.1) is 20.2 Å². The van der Waals surface area contributed by atoms with Crippen LogP contribution in [0.1, 0.15) is 29.6 Å². The first-order valence-corrected chi connectivity index (χ1v) is 6.68. The molecule has 1 aromatic carbocycles. The van der Waals surface area contributed by atoms with Crippen LogP contribution in [0.4, 0.5) is 11.4 Å². The van der Waals surface area contributed by atoms with Gasteiger partial charge in [0.15, 0.2) is 0 Å². The number of carbonyl (C=O) groups is 1. The molecule has 0 aliphatic carbocycles. The number of rotatable bonds is 9. The van der Waals surface area contributed by atoms with Gasteiger partial charge in [0.05, 0.1) is 21.5 Å². The molecule has 122 valence electrons. The zero-order chi connectivity index (χ0) is 17.2. The van der Waals surface area contributed by atoms with Gasteiger partial charge in [-0.25, -0.2) is 0 Å². The van der Waals surface area contributed by atoms with E-state index in [0.717, 1.165) is 24.6 Å². The van der Waals surface area contributed by atoms with E-state index in [-0.39, 0.29) is 5.56 Å². The first kappa shape index (κ1) is 17.9. The van der Waals surface area contributed by atoms with Gasteiger partial charge in [-0.05, 0) is 18.4 Å². The molecule has 0 aromatic heterocycles. The summed E-state index contributed by atoms with van der Waals surface area (Å²) < 4.78 is 0. The highest BCUT2D eigenvalue weighted by Crippen LogP contribution is 2.22. The molecule has 0 aliphatic rings. The molecule has 0 heterocycles. The van der Waals surface area contributed by atoms with Gasteiger partial charge >= 0.3 is 0 Å². The summed E-state index contributed by atoms with van der Waals surface area (Å²) in [6, 6.07) is 2.78. The van der Waals surface area contributed by atoms with Crippen molar-refractivity contribution in [2.45, 2.75) is 19.3 Å². The molecule has 0 atom stereocenters. The highest BCUT2D eigenvalue weighted by Gasteiger charge is 2.19. The zero-order valence-corrected chi connectivity index (χ0v) is 12.0. The summed E-state index contributed by atoms with van der Waals surface area (Å²) in [5, 5.41) is 27.4.